The maximum Gasteiger partial charge on any atom is 0.415 e. The van der Waals surface area contributed by atoms with Crippen LogP contribution < -0.4 is 4.74 Å². The van der Waals surface area contributed by atoms with E-state index >= 15 is 0 Å². The fourth-order valence-corrected chi connectivity index (χ4v) is 4.99. The van der Waals surface area contributed by atoms with Crippen molar-refractivity contribution in [2.24, 2.45) is 5.92 Å². The van der Waals surface area contributed by atoms with Gasteiger partial charge in [-0.3, -0.25) is 9.59 Å². The van der Waals surface area contributed by atoms with Gasteiger partial charge in [0.05, 0.1) is 12.0 Å². The van der Waals surface area contributed by atoms with Crippen LogP contribution in [0.2, 0.25) is 5.02 Å². The summed E-state index contributed by atoms with van der Waals surface area (Å²) in [7, 11) is 3.10. The number of methoxy groups -OCH3 is 1. The molecule has 3 atom stereocenters. The predicted octanol–water partition coefficient (Wildman–Crippen LogP) is 3.40. The lowest BCUT2D eigenvalue weighted by atomic mass is 9.93. The van der Waals surface area contributed by atoms with Gasteiger partial charge in [-0.1, -0.05) is 23.7 Å². The van der Waals surface area contributed by atoms with Crippen molar-refractivity contribution >= 4 is 29.5 Å². The zero-order valence-corrected chi connectivity index (χ0v) is 21.0. The number of carbonyl (C=O) groups excluding carboxylic acids is 3. The molecule has 36 heavy (non-hydrogen) atoms. The summed E-state index contributed by atoms with van der Waals surface area (Å²) in [5.74, 6) is -0.824. The van der Waals surface area contributed by atoms with E-state index in [4.69, 9.17) is 21.1 Å². The highest BCUT2D eigenvalue weighted by atomic mass is 35.5. The molecule has 2 aromatic carbocycles. The molecular weight excluding hydrogens is 489 g/mol. The van der Waals surface area contributed by atoms with E-state index in [-0.39, 0.29) is 42.0 Å². The molecule has 0 spiro atoms. The molecule has 8 nitrogen and oxygen atoms in total. The third kappa shape index (κ3) is 5.79. The molecule has 0 radical (unpaired) electrons. The average Bonchev–Trinajstić information content (AvgIpc) is 3.53. The second-order valence-corrected chi connectivity index (χ2v) is 9.60. The second-order valence-electron chi connectivity index (χ2n) is 9.16. The number of likely N-dealkylation sites (tertiary alicyclic amines) is 2. The molecule has 192 valence electrons. The first kappa shape index (κ1) is 25.9. The molecular formula is C26H29ClFN3O5. The largest absolute Gasteiger partial charge is 0.415 e. The van der Waals surface area contributed by atoms with Gasteiger partial charge in [0, 0.05) is 51.3 Å². The lowest BCUT2D eigenvalue weighted by Gasteiger charge is -2.28. The van der Waals surface area contributed by atoms with Crippen LogP contribution in [0.3, 0.4) is 0 Å². The minimum atomic E-state index is -0.600. The Bertz CT molecular complexity index is 1100. The maximum absolute atomic E-state index is 13.4. The van der Waals surface area contributed by atoms with Crippen molar-refractivity contribution in [2.45, 2.75) is 18.4 Å². The van der Waals surface area contributed by atoms with E-state index in [0.29, 0.717) is 37.6 Å². The van der Waals surface area contributed by atoms with Crippen molar-refractivity contribution in [2.75, 3.05) is 46.9 Å². The standard InChI is InChI=1S/C26H29ClFN3O5/c1-29(26(34)36-21-9-7-20(28)8-10-21)23-15-31(14-22(23)17-3-5-19(27)6-4-17)25(33)18-11-12-30(13-18)24(32)16-35-2/h3-10,18,22-23H,11-16H2,1-2H3/t18?,22-,23+/m0/s1. The first-order valence-electron chi connectivity index (χ1n) is 11.8. The van der Waals surface area contributed by atoms with Crippen molar-refractivity contribution in [3.8, 4) is 5.75 Å². The molecule has 2 aliphatic rings. The fourth-order valence-electron chi connectivity index (χ4n) is 4.87. The monoisotopic (exact) mass is 517 g/mol. The summed E-state index contributed by atoms with van der Waals surface area (Å²) < 4.78 is 23.6. The van der Waals surface area contributed by atoms with Gasteiger partial charge >= 0.3 is 6.09 Å². The second kappa shape index (κ2) is 11.3. The van der Waals surface area contributed by atoms with Gasteiger partial charge in [0.25, 0.3) is 0 Å². The molecule has 0 saturated carbocycles. The van der Waals surface area contributed by atoms with Crippen LogP contribution in [-0.4, -0.2) is 85.6 Å². The van der Waals surface area contributed by atoms with Gasteiger partial charge in [-0.25, -0.2) is 9.18 Å². The molecule has 2 aliphatic heterocycles. The SMILES string of the molecule is COCC(=O)N1CCC(C(=O)N2C[C@@H](N(C)C(=O)Oc3ccc(F)cc3)[C@H](c3ccc(Cl)cc3)C2)C1. The van der Waals surface area contributed by atoms with E-state index in [1.807, 2.05) is 12.1 Å². The smallest absolute Gasteiger partial charge is 0.410 e. The van der Waals surface area contributed by atoms with Gasteiger partial charge < -0.3 is 24.2 Å². The first-order chi connectivity index (χ1) is 17.3. The first-order valence-corrected chi connectivity index (χ1v) is 12.2. The Morgan fingerprint density at radius 3 is 2.39 bits per heavy atom. The zero-order valence-electron chi connectivity index (χ0n) is 20.2. The third-order valence-corrected chi connectivity index (χ3v) is 7.11. The molecule has 2 aromatic rings. The summed E-state index contributed by atoms with van der Waals surface area (Å²) in [6.45, 7) is 1.61. The van der Waals surface area contributed by atoms with E-state index < -0.39 is 11.9 Å². The highest BCUT2D eigenvalue weighted by Crippen LogP contribution is 2.34. The summed E-state index contributed by atoms with van der Waals surface area (Å²) >= 11 is 6.08. The number of amides is 3. The number of likely N-dealkylation sites (N-methyl/N-ethyl adjacent to an activating group) is 1. The molecule has 0 bridgehead atoms. The highest BCUT2D eigenvalue weighted by Gasteiger charge is 2.43. The number of hydrogen-bond donors (Lipinski definition) is 0. The number of hydrogen-bond acceptors (Lipinski definition) is 5. The van der Waals surface area contributed by atoms with Crippen molar-refractivity contribution in [3.63, 3.8) is 0 Å². The molecule has 0 aliphatic carbocycles. The average molecular weight is 518 g/mol. The Kier molecular flexibility index (Phi) is 8.11. The summed E-state index contributed by atoms with van der Waals surface area (Å²) in [6, 6.07) is 12.2. The molecule has 4 rings (SSSR count). The van der Waals surface area contributed by atoms with Crippen LogP contribution in [0.5, 0.6) is 5.75 Å². The van der Waals surface area contributed by atoms with Gasteiger partial charge in [0.15, 0.2) is 0 Å². The van der Waals surface area contributed by atoms with Crippen LogP contribution in [0.1, 0.15) is 17.9 Å². The molecule has 2 saturated heterocycles. The Balaban J connectivity index is 1.49. The van der Waals surface area contributed by atoms with Gasteiger partial charge in [0.2, 0.25) is 11.8 Å². The van der Waals surface area contributed by atoms with Crippen molar-refractivity contribution < 1.29 is 28.2 Å². The van der Waals surface area contributed by atoms with Crippen molar-refractivity contribution in [1.82, 2.24) is 14.7 Å². The molecule has 2 fully saturated rings. The van der Waals surface area contributed by atoms with Gasteiger partial charge in [-0.05, 0) is 48.4 Å². The van der Waals surface area contributed by atoms with Crippen LogP contribution >= 0.6 is 11.6 Å². The molecule has 3 amide bonds. The lowest BCUT2D eigenvalue weighted by molar-refractivity contribution is -0.136. The summed E-state index contributed by atoms with van der Waals surface area (Å²) in [6.07, 6.45) is -0.0131. The number of rotatable bonds is 6. The van der Waals surface area contributed by atoms with Crippen molar-refractivity contribution in [3.05, 3.63) is 64.9 Å². The normalized spacial score (nSPS) is 21.5. The fraction of sp³-hybridized carbons (Fsp3) is 0.423. The number of nitrogens with zero attached hydrogens (tertiary/aromatic N) is 3. The van der Waals surface area contributed by atoms with Gasteiger partial charge in [-0.2, -0.15) is 0 Å². The number of benzene rings is 2. The maximum atomic E-state index is 13.4. The van der Waals surface area contributed by atoms with Crippen LogP contribution in [0.25, 0.3) is 0 Å². The van der Waals surface area contributed by atoms with Gasteiger partial charge in [0.1, 0.15) is 18.2 Å². The summed E-state index contributed by atoms with van der Waals surface area (Å²) in [4.78, 5) is 43.5. The van der Waals surface area contributed by atoms with Crippen LogP contribution in [0, 0.1) is 11.7 Å². The van der Waals surface area contributed by atoms with E-state index in [1.54, 1.807) is 29.0 Å². The van der Waals surface area contributed by atoms with E-state index in [9.17, 15) is 18.8 Å². The quantitative estimate of drug-likeness (QED) is 0.587. The molecule has 0 aromatic heterocycles. The number of carbonyl (C=O) groups is 3. The number of halogens is 2. The Morgan fingerprint density at radius 2 is 1.72 bits per heavy atom. The van der Waals surface area contributed by atoms with Crippen LogP contribution in [0.4, 0.5) is 9.18 Å². The van der Waals surface area contributed by atoms with E-state index in [2.05, 4.69) is 0 Å². The predicted molar refractivity (Wildman–Crippen MR) is 131 cm³/mol. The van der Waals surface area contributed by atoms with E-state index in [0.717, 1.165) is 5.56 Å². The minimum Gasteiger partial charge on any atom is -0.410 e. The van der Waals surface area contributed by atoms with Gasteiger partial charge in [-0.15, -0.1) is 0 Å². The zero-order chi connectivity index (χ0) is 25.8. The van der Waals surface area contributed by atoms with E-state index in [1.165, 1.54) is 36.3 Å². The Morgan fingerprint density at radius 1 is 1.03 bits per heavy atom. The Hall–Kier alpha value is -3.17. The highest BCUT2D eigenvalue weighted by molar-refractivity contribution is 6.30. The van der Waals surface area contributed by atoms with Crippen LogP contribution in [-0.2, 0) is 14.3 Å². The Labute approximate surface area is 214 Å². The molecule has 0 N–H and O–H groups in total. The molecule has 10 heteroatoms. The van der Waals surface area contributed by atoms with Crippen molar-refractivity contribution in [1.29, 1.82) is 0 Å². The summed E-state index contributed by atoms with van der Waals surface area (Å²) in [5.41, 5.74) is 0.949. The lowest BCUT2D eigenvalue weighted by Crippen LogP contribution is -2.44. The topological polar surface area (TPSA) is 79.4 Å². The molecule has 1 unspecified atom stereocenters. The summed E-state index contributed by atoms with van der Waals surface area (Å²) in [5, 5.41) is 0.595. The third-order valence-electron chi connectivity index (χ3n) is 6.86. The number of ether oxygens (including phenoxy) is 2. The molecule has 2 heterocycles. The van der Waals surface area contributed by atoms with Crippen LogP contribution in [0.15, 0.2) is 48.5 Å². The minimum absolute atomic E-state index is 0.00764.